The summed E-state index contributed by atoms with van der Waals surface area (Å²) in [6, 6.07) is 76.5. The fourth-order valence-electron chi connectivity index (χ4n) is 13.9. The van der Waals surface area contributed by atoms with Crippen molar-refractivity contribution in [2.45, 2.75) is 116 Å². The van der Waals surface area contributed by atoms with Gasteiger partial charge in [-0.05, 0) is 238 Å². The van der Waals surface area contributed by atoms with E-state index in [1.807, 2.05) is 222 Å². The Morgan fingerprint density at radius 1 is 0.357 bits per heavy atom. The average molecular weight is 1880 g/mol. The van der Waals surface area contributed by atoms with Crippen LogP contribution in [-0.2, 0) is 129 Å². The van der Waals surface area contributed by atoms with Gasteiger partial charge in [-0.2, -0.15) is 52.7 Å². The van der Waals surface area contributed by atoms with Crippen LogP contribution < -0.4 is 5.73 Å². The number of carbonyl (C=O) groups excluding carboxylic acids is 2. The molecule has 0 saturated carbocycles. The Labute approximate surface area is 743 Å². The molecule has 12 nitrogen and oxygen atoms in total. The summed E-state index contributed by atoms with van der Waals surface area (Å²) in [5.41, 5.74) is 20.7. The number of nitrogens with two attached hydrogens (primary N) is 1. The molecule has 0 heterocycles. The molecule has 0 aliphatic carbocycles. The number of alkyl halides is 12. The van der Waals surface area contributed by atoms with Gasteiger partial charge in [0.15, 0.2) is 0 Å². The summed E-state index contributed by atoms with van der Waals surface area (Å²) in [5.74, 6) is -3.22. The van der Waals surface area contributed by atoms with Gasteiger partial charge in [0.05, 0.1) is 48.0 Å². The summed E-state index contributed by atoms with van der Waals surface area (Å²) < 4.78 is 177. The average Bonchev–Trinajstić information content (AvgIpc) is 0.816. The van der Waals surface area contributed by atoms with Gasteiger partial charge in [-0.1, -0.05) is 243 Å². The number of benzene rings is 12. The smallest absolute Gasteiger partial charge is 0 e. The molecular weight excluding hydrogens is 1780 g/mol. The zero-order chi connectivity index (χ0) is 90.9. The van der Waals surface area contributed by atoms with E-state index < -0.39 is 98.9 Å². The van der Waals surface area contributed by atoms with Gasteiger partial charge >= 0.3 is 59.1 Å². The summed E-state index contributed by atoms with van der Waals surface area (Å²) in [5, 5.41) is 43.4. The fraction of sp³-hybridized carbons (Fsp3) is 0.210. The van der Waals surface area contributed by atoms with E-state index in [0.29, 0.717) is 43.0 Å². The van der Waals surface area contributed by atoms with E-state index in [2.05, 4.69) is 0 Å². The number of aliphatic carboxylic acids is 2. The summed E-state index contributed by atoms with van der Waals surface area (Å²) in [6.07, 6.45) is -11.0. The van der Waals surface area contributed by atoms with Gasteiger partial charge in [-0.25, -0.2) is 0 Å². The molecule has 0 bridgehead atoms. The Morgan fingerprint density at radius 3 is 0.992 bits per heavy atom. The first-order chi connectivity index (χ1) is 59.0. The molecule has 0 aliphatic rings. The van der Waals surface area contributed by atoms with Crippen molar-refractivity contribution in [3.8, 4) is 44.5 Å². The van der Waals surface area contributed by atoms with Crippen molar-refractivity contribution >= 4 is 36.7 Å². The van der Waals surface area contributed by atoms with E-state index in [-0.39, 0.29) is 99.9 Å². The van der Waals surface area contributed by atoms with Crippen LogP contribution in [0.25, 0.3) is 56.7 Å². The maximum absolute atomic E-state index is 13.6. The van der Waals surface area contributed by atoms with Crippen LogP contribution in [0.2, 0.25) is 0 Å². The second-order valence-corrected chi connectivity index (χ2v) is 28.9. The normalized spacial score (nSPS) is 11.6. The van der Waals surface area contributed by atoms with E-state index in [0.717, 1.165) is 113 Å². The number of aldehydes is 2. The third kappa shape index (κ3) is 31.2. The maximum Gasteiger partial charge on any atom is 0 e. The fourth-order valence-corrected chi connectivity index (χ4v) is 13.9. The topological polar surface area (TPSA) is 230 Å². The predicted octanol–water partition coefficient (Wildman–Crippen LogP) is 23.6. The molecule has 0 spiro atoms. The second-order valence-electron chi connectivity index (χ2n) is 28.7. The van der Waals surface area contributed by atoms with Crippen molar-refractivity contribution in [1.29, 1.82) is 0 Å². The Morgan fingerprint density at radius 2 is 0.667 bits per heavy atom. The van der Waals surface area contributed by atoms with Crippen molar-refractivity contribution in [3.05, 3.63) is 386 Å². The van der Waals surface area contributed by atoms with Gasteiger partial charge in [0.2, 0.25) is 0 Å². The summed E-state index contributed by atoms with van der Waals surface area (Å²) in [7, 11) is 0. The minimum Gasteiger partial charge on any atom is 0 e. The van der Waals surface area contributed by atoms with Crippen LogP contribution in [0.1, 0.15) is 127 Å². The SMILES string of the molecule is Cc1c(/C=C/c2cc(C=O)ccc2C(F)(F)F)cccc1-c1ccccc1.Cc1c(CCc2cc(C=O)ccc2C(F)(F)F)cccc1-c1ccccc1.Cc1c(CCc2cc(CCC(CO)C(=O)O)ccc2C(F)(F)F)cccc1-c1ccccc1.Cc1c(CCc2cc(CO)ccc2C(F)(F)F)cccc1-c1ccccc1.NC(CO)C(=O)O.[CH3-].[O]=[Mn]=[O].[Pd]. The number of aliphatic hydroxyl groups excluding tert-OH is 3. The monoisotopic (exact) mass is 1870 g/mol. The summed E-state index contributed by atoms with van der Waals surface area (Å²) in [4.78, 5) is 42.7. The minimum absolute atomic E-state index is 0. The zero-order valence-electron chi connectivity index (χ0n) is 69.1. The zero-order valence-corrected chi connectivity index (χ0v) is 71.9. The number of carboxylic acid groups (broad SMARTS) is 2. The van der Waals surface area contributed by atoms with Crippen molar-refractivity contribution in [3.63, 3.8) is 0 Å². The van der Waals surface area contributed by atoms with Crippen LogP contribution in [0.15, 0.2) is 267 Å². The molecule has 2 unspecified atom stereocenters. The van der Waals surface area contributed by atoms with Crippen LogP contribution in [0.3, 0.4) is 0 Å². The molecule has 26 heteroatoms. The largest absolute Gasteiger partial charge is 0 e. The van der Waals surface area contributed by atoms with Gasteiger partial charge in [-0.15, -0.1) is 0 Å². The molecular formula is C100H94F12MnNO11Pd-. The molecule has 12 aromatic rings. The first kappa shape index (κ1) is 105. The van der Waals surface area contributed by atoms with E-state index >= 15 is 0 Å². The number of aryl methyl sites for hydroxylation is 7. The molecule has 0 aliphatic heterocycles. The molecule has 0 amide bonds. The maximum atomic E-state index is 13.6. The second kappa shape index (κ2) is 50.6. The van der Waals surface area contributed by atoms with Crippen molar-refractivity contribution in [2.75, 3.05) is 13.2 Å². The molecule has 667 valence electrons. The Kier molecular flexibility index (Phi) is 42.1. The van der Waals surface area contributed by atoms with Gasteiger partial charge < -0.3 is 38.7 Å². The van der Waals surface area contributed by atoms with Crippen molar-refractivity contribution < 1.29 is 140 Å². The van der Waals surface area contributed by atoms with Crippen LogP contribution in [0.4, 0.5) is 52.7 Å². The number of hydrogen-bond acceptors (Lipinski definition) is 10. The number of hydrogen-bond donors (Lipinski definition) is 6. The molecule has 0 aromatic heterocycles. The molecule has 126 heavy (non-hydrogen) atoms. The van der Waals surface area contributed by atoms with Crippen LogP contribution in [0.5, 0.6) is 0 Å². The third-order valence-corrected chi connectivity index (χ3v) is 20.6. The summed E-state index contributed by atoms with van der Waals surface area (Å²) in [6.45, 7) is 6.65. The molecule has 12 aromatic carbocycles. The minimum atomic E-state index is -4.48. The van der Waals surface area contributed by atoms with Gasteiger partial charge in [0.25, 0.3) is 0 Å². The number of aliphatic hydroxyl groups is 3. The molecule has 2 atom stereocenters. The number of halogens is 12. The molecule has 0 radical (unpaired) electrons. The van der Waals surface area contributed by atoms with Crippen LogP contribution in [-0.4, -0.2) is 69.3 Å². The first-order valence-corrected chi connectivity index (χ1v) is 39.8. The van der Waals surface area contributed by atoms with Crippen molar-refractivity contribution in [1.82, 2.24) is 0 Å². The van der Waals surface area contributed by atoms with Crippen LogP contribution >= 0.6 is 0 Å². The van der Waals surface area contributed by atoms with E-state index in [4.69, 9.17) is 28.7 Å². The van der Waals surface area contributed by atoms with Crippen LogP contribution in [0, 0.1) is 41.0 Å². The van der Waals surface area contributed by atoms with Gasteiger partial charge in [0, 0.05) is 31.5 Å². The van der Waals surface area contributed by atoms with E-state index in [9.17, 15) is 82.1 Å². The number of carbonyl (C=O) groups is 4. The number of rotatable bonds is 25. The Balaban J connectivity index is 0.000000286. The third-order valence-electron chi connectivity index (χ3n) is 20.6. The molecule has 0 fully saturated rings. The number of carboxylic acids is 2. The molecule has 0 saturated heterocycles. The summed E-state index contributed by atoms with van der Waals surface area (Å²) >= 11 is -1.44. The predicted molar refractivity (Wildman–Crippen MR) is 457 cm³/mol. The van der Waals surface area contributed by atoms with Crippen molar-refractivity contribution in [2.24, 2.45) is 11.7 Å². The molecule has 7 N–H and O–H groups in total. The van der Waals surface area contributed by atoms with Gasteiger partial charge in [-0.3, -0.25) is 19.2 Å². The van der Waals surface area contributed by atoms with E-state index in [1.165, 1.54) is 54.6 Å². The Bertz CT molecular complexity index is 5590. The van der Waals surface area contributed by atoms with E-state index in [1.54, 1.807) is 6.08 Å². The van der Waals surface area contributed by atoms with Gasteiger partial charge in [0.1, 0.15) is 18.6 Å². The first-order valence-electron chi connectivity index (χ1n) is 38.9. The standard InChI is InChI=1S/C27H27F3O3.C23H21F3O.C23H19F3O.C23H17F3O.C3H7NO3.CH3.Mn.2O.Pd/c1-18-20(8-5-9-24(18)21-6-3-2-4-7-21)13-14-22-16-19(10-12-23(17-31)26(32)33)11-15-25(22)27(28,29)30;3*1-16-18(8-5-9-21(16)19-6-3-2-4-7-19)11-12-20-14-17(15-27)10-13-22(20)23(24,25)26;4-2(1-5)3(6)7;;;;;/h2-9,11,15-16,23,31H,10,12-14,17H2,1H3,(H,32,33);2-10,13-14,27H,11-12,15H2,1H3;2-10,13-15H,11-12H2,1H3;2-15H,1H3;2,5H,1,4H2,(H,6,7);1H3;;;;/q;;;;;-1;;;;/b;;;12-11+;;;;;;. The quantitative estimate of drug-likeness (QED) is 0.0103. The Hall–Kier alpha value is -11.6. The molecule has 12 rings (SSSR count).